The van der Waals surface area contributed by atoms with Crippen LogP contribution in [0.4, 0.5) is 0 Å². The van der Waals surface area contributed by atoms with E-state index in [9.17, 15) is 14.7 Å². The van der Waals surface area contributed by atoms with Gasteiger partial charge in [0.15, 0.2) is 5.78 Å². The monoisotopic (exact) mass is 377 g/mol. The molecular weight excluding hydrogens is 358 g/mol. The molecule has 2 aromatic heterocycles. The normalized spacial score (nSPS) is 10.6. The summed E-state index contributed by atoms with van der Waals surface area (Å²) in [6, 6.07) is 8.48. The molecule has 7 heteroatoms. The first kappa shape index (κ1) is 19.1. The maximum Gasteiger partial charge on any atom is 0.275 e. The number of carbonyl (C=O) groups is 1. The number of nitriles is 1. The fourth-order valence-corrected chi connectivity index (χ4v) is 3.04. The molecule has 0 atom stereocenters. The predicted octanol–water partition coefficient (Wildman–Crippen LogP) is 3.01. The van der Waals surface area contributed by atoms with E-state index in [2.05, 4.69) is 4.98 Å². The molecule has 2 heterocycles. The number of Topliss-reactive ketones (excluding diaryl/α,β-unsaturated/α-hetero) is 1. The maximum atomic E-state index is 12.3. The van der Waals surface area contributed by atoms with Gasteiger partial charge in [0.25, 0.3) is 5.56 Å². The lowest BCUT2D eigenvalue weighted by Crippen LogP contribution is -2.18. The Balaban J connectivity index is 1.98. The number of carbonyl (C=O) groups excluding carboxylic acids is 1. The van der Waals surface area contributed by atoms with Crippen molar-refractivity contribution in [2.75, 3.05) is 0 Å². The molecule has 7 nitrogen and oxygen atoms in total. The van der Waals surface area contributed by atoms with E-state index in [0.717, 1.165) is 6.42 Å². The van der Waals surface area contributed by atoms with E-state index in [1.807, 2.05) is 13.0 Å². The number of nitrogens with zero attached hydrogens (tertiary/aromatic N) is 3. The average Bonchev–Trinajstić information content (AvgIpc) is 2.68. The molecule has 0 bridgehead atoms. The van der Waals surface area contributed by atoms with Crippen LogP contribution in [0, 0.1) is 11.3 Å². The molecule has 3 rings (SSSR count). The van der Waals surface area contributed by atoms with Crippen LogP contribution < -0.4 is 10.3 Å². The lowest BCUT2D eigenvalue weighted by atomic mass is 10.0. The molecule has 0 aliphatic carbocycles. The van der Waals surface area contributed by atoms with Crippen LogP contribution in [-0.4, -0.2) is 20.3 Å². The minimum Gasteiger partial charge on any atom is -0.507 e. The number of phenolic OH excluding ortho intramolecular Hbond substituents is 1. The van der Waals surface area contributed by atoms with Gasteiger partial charge in [0.1, 0.15) is 35.4 Å². The van der Waals surface area contributed by atoms with Crippen molar-refractivity contribution in [2.45, 2.75) is 33.3 Å². The Morgan fingerprint density at radius 1 is 1.36 bits per heavy atom. The number of aromatic nitrogens is 2. The number of fused-ring (bicyclic) bond motifs is 1. The number of ether oxygens (including phenoxy) is 1. The molecule has 1 N–H and O–H groups in total. The third-order valence-electron chi connectivity index (χ3n) is 4.44. The fraction of sp³-hybridized carbons (Fsp3) is 0.238. The van der Waals surface area contributed by atoms with Crippen molar-refractivity contribution in [1.29, 1.82) is 5.26 Å². The van der Waals surface area contributed by atoms with Gasteiger partial charge in [-0.25, -0.2) is 4.98 Å². The molecular formula is C21H19N3O4. The third kappa shape index (κ3) is 3.45. The largest absolute Gasteiger partial charge is 0.507 e. The number of benzene rings is 1. The second-order valence-electron chi connectivity index (χ2n) is 6.35. The molecule has 1 aromatic carbocycles. The summed E-state index contributed by atoms with van der Waals surface area (Å²) < 4.78 is 7.21. The summed E-state index contributed by atoms with van der Waals surface area (Å²) in [7, 11) is 0. The van der Waals surface area contributed by atoms with Crippen molar-refractivity contribution < 1.29 is 14.6 Å². The van der Waals surface area contributed by atoms with E-state index in [1.165, 1.54) is 23.6 Å². The van der Waals surface area contributed by atoms with Gasteiger partial charge in [-0.15, -0.1) is 0 Å². The second-order valence-corrected chi connectivity index (χ2v) is 6.35. The highest BCUT2D eigenvalue weighted by Gasteiger charge is 2.16. The zero-order chi connectivity index (χ0) is 20.3. The van der Waals surface area contributed by atoms with Crippen molar-refractivity contribution in [2.24, 2.45) is 0 Å². The van der Waals surface area contributed by atoms with Crippen molar-refractivity contribution in [3.63, 3.8) is 0 Å². The Labute approximate surface area is 161 Å². The second kappa shape index (κ2) is 7.92. The zero-order valence-corrected chi connectivity index (χ0v) is 15.6. The van der Waals surface area contributed by atoms with Gasteiger partial charge in [0.2, 0.25) is 0 Å². The minimum atomic E-state index is -0.440. The van der Waals surface area contributed by atoms with E-state index in [1.54, 1.807) is 24.4 Å². The van der Waals surface area contributed by atoms with Gasteiger partial charge in [-0.1, -0.05) is 19.4 Å². The number of hydrogen-bond donors (Lipinski definition) is 1. The Morgan fingerprint density at radius 2 is 2.14 bits per heavy atom. The van der Waals surface area contributed by atoms with Gasteiger partial charge in [0.05, 0.1) is 11.8 Å². The first-order chi connectivity index (χ1) is 13.5. The summed E-state index contributed by atoms with van der Waals surface area (Å²) in [5, 5.41) is 19.4. The molecule has 142 valence electrons. The van der Waals surface area contributed by atoms with Crippen LogP contribution in [0.5, 0.6) is 11.5 Å². The van der Waals surface area contributed by atoms with Gasteiger partial charge in [-0.3, -0.25) is 14.0 Å². The summed E-state index contributed by atoms with van der Waals surface area (Å²) in [4.78, 5) is 28.2. The average molecular weight is 377 g/mol. The maximum absolute atomic E-state index is 12.3. The molecule has 28 heavy (non-hydrogen) atoms. The standard InChI is InChI=1S/C21H19N3O4/c1-3-5-17-18(8-7-16(13(2)25)19(17)26)28-12-14-6-4-9-24-20(14)23-11-15(10-22)21(24)27/h4,6-9,11,26H,3,5,12H2,1-2H3. The van der Waals surface area contributed by atoms with E-state index >= 15 is 0 Å². The lowest BCUT2D eigenvalue weighted by molar-refractivity contribution is 0.101. The first-order valence-electron chi connectivity index (χ1n) is 8.85. The van der Waals surface area contributed by atoms with Crippen LogP contribution in [0.3, 0.4) is 0 Å². The summed E-state index contributed by atoms with van der Waals surface area (Å²) in [5.41, 5.74) is 1.41. The first-order valence-corrected chi connectivity index (χ1v) is 8.85. The van der Waals surface area contributed by atoms with E-state index in [0.29, 0.717) is 28.9 Å². The molecule has 0 unspecified atom stereocenters. The minimum absolute atomic E-state index is 0.0365. The van der Waals surface area contributed by atoms with Crippen LogP contribution in [0.25, 0.3) is 5.65 Å². The lowest BCUT2D eigenvalue weighted by Gasteiger charge is -2.15. The number of phenols is 1. The molecule has 0 fully saturated rings. The predicted molar refractivity (Wildman–Crippen MR) is 103 cm³/mol. The third-order valence-corrected chi connectivity index (χ3v) is 4.44. The molecule has 0 radical (unpaired) electrons. The van der Waals surface area contributed by atoms with Crippen molar-refractivity contribution in [3.8, 4) is 17.6 Å². The molecule has 0 spiro atoms. The zero-order valence-electron chi connectivity index (χ0n) is 15.6. The summed E-state index contributed by atoms with van der Waals surface area (Å²) in [6.07, 6.45) is 4.12. The van der Waals surface area contributed by atoms with Gasteiger partial charge in [0, 0.05) is 17.3 Å². The molecule has 0 saturated heterocycles. The van der Waals surface area contributed by atoms with Gasteiger partial charge < -0.3 is 9.84 Å². The summed E-state index contributed by atoms with van der Waals surface area (Å²) >= 11 is 0. The number of ketones is 1. The number of pyridine rings is 1. The number of rotatable bonds is 6. The van der Waals surface area contributed by atoms with Gasteiger partial charge in [-0.05, 0) is 31.5 Å². The van der Waals surface area contributed by atoms with Crippen molar-refractivity contribution in [1.82, 2.24) is 9.38 Å². The topological polar surface area (TPSA) is 105 Å². The van der Waals surface area contributed by atoms with Crippen LogP contribution in [0.1, 0.15) is 47.3 Å². The van der Waals surface area contributed by atoms with E-state index in [-0.39, 0.29) is 29.3 Å². The number of hydrogen-bond acceptors (Lipinski definition) is 6. The SMILES string of the molecule is CCCc1c(OCc2cccn3c(=O)c(C#N)cnc23)ccc(C(C)=O)c1O. The summed E-state index contributed by atoms with van der Waals surface area (Å²) in [6.45, 7) is 3.48. The van der Waals surface area contributed by atoms with Crippen molar-refractivity contribution in [3.05, 3.63) is 69.3 Å². The number of aromatic hydroxyl groups is 1. The molecule has 3 aromatic rings. The quantitative estimate of drug-likeness (QED) is 0.662. The van der Waals surface area contributed by atoms with E-state index in [4.69, 9.17) is 10.00 Å². The Hall–Kier alpha value is -3.66. The van der Waals surface area contributed by atoms with E-state index < -0.39 is 5.56 Å². The van der Waals surface area contributed by atoms with Crippen molar-refractivity contribution >= 4 is 11.4 Å². The highest BCUT2D eigenvalue weighted by atomic mass is 16.5. The molecule has 0 saturated carbocycles. The van der Waals surface area contributed by atoms with Crippen LogP contribution >= 0.6 is 0 Å². The molecule has 0 aliphatic heterocycles. The summed E-state index contributed by atoms with van der Waals surface area (Å²) in [5.74, 6) is 0.201. The Kier molecular flexibility index (Phi) is 5.41. The van der Waals surface area contributed by atoms with Crippen LogP contribution in [0.15, 0.2) is 41.5 Å². The van der Waals surface area contributed by atoms with Gasteiger partial charge >= 0.3 is 0 Å². The highest BCUT2D eigenvalue weighted by Crippen LogP contribution is 2.33. The van der Waals surface area contributed by atoms with Crippen LogP contribution in [-0.2, 0) is 13.0 Å². The van der Waals surface area contributed by atoms with Gasteiger partial charge in [-0.2, -0.15) is 5.26 Å². The Morgan fingerprint density at radius 3 is 2.82 bits per heavy atom. The fourth-order valence-electron chi connectivity index (χ4n) is 3.04. The Bertz CT molecular complexity index is 1160. The smallest absolute Gasteiger partial charge is 0.275 e. The molecule has 0 aliphatic rings. The highest BCUT2D eigenvalue weighted by molar-refractivity contribution is 5.97. The van der Waals surface area contributed by atoms with Crippen LogP contribution in [0.2, 0.25) is 0 Å². The molecule has 0 amide bonds.